The van der Waals surface area contributed by atoms with Crippen molar-refractivity contribution >= 4 is 38.9 Å². The fraction of sp³-hybridized carbons (Fsp3) is 0.467. The van der Waals surface area contributed by atoms with E-state index in [0.29, 0.717) is 5.82 Å². The third-order valence-electron chi connectivity index (χ3n) is 3.20. The monoisotopic (exact) mass is 368 g/mol. The Hall–Kier alpha value is -1.14. The highest BCUT2D eigenvalue weighted by atomic mass is 79.9. The first-order valence-corrected chi connectivity index (χ1v) is 8.44. The highest BCUT2D eigenvalue weighted by Gasteiger charge is 2.21. The summed E-state index contributed by atoms with van der Waals surface area (Å²) in [5.74, 6) is 2.24. The molecule has 0 saturated carbocycles. The van der Waals surface area contributed by atoms with Gasteiger partial charge in [-0.15, -0.1) is 11.3 Å². The van der Waals surface area contributed by atoms with Crippen LogP contribution in [0.4, 0.5) is 11.6 Å². The minimum absolute atomic E-state index is 0.122. The predicted molar refractivity (Wildman–Crippen MR) is 94.0 cm³/mol. The van der Waals surface area contributed by atoms with Crippen LogP contribution in [0.3, 0.4) is 0 Å². The summed E-state index contributed by atoms with van der Waals surface area (Å²) >= 11 is 5.22. The number of anilines is 2. The fourth-order valence-electron chi connectivity index (χ4n) is 1.97. The number of hydrogen-bond donors (Lipinski definition) is 1. The van der Waals surface area contributed by atoms with Crippen molar-refractivity contribution < 1.29 is 0 Å². The van der Waals surface area contributed by atoms with Crippen molar-refractivity contribution in [1.29, 1.82) is 0 Å². The zero-order chi connectivity index (χ0) is 15.8. The molecule has 0 fully saturated rings. The third-order valence-corrected chi connectivity index (χ3v) is 4.89. The molecule has 0 aliphatic rings. The smallest absolute Gasteiger partial charge is 0.138 e. The number of nitrogen functional groups attached to an aromatic ring is 1. The van der Waals surface area contributed by atoms with E-state index in [1.807, 2.05) is 14.0 Å². The second-order valence-electron chi connectivity index (χ2n) is 6.22. The Bertz CT molecular complexity index is 646. The number of hydrogen-bond acceptors (Lipinski definition) is 5. The van der Waals surface area contributed by atoms with Crippen molar-refractivity contribution in [2.24, 2.45) is 0 Å². The van der Waals surface area contributed by atoms with Crippen LogP contribution in [-0.4, -0.2) is 17.0 Å². The van der Waals surface area contributed by atoms with E-state index in [-0.39, 0.29) is 5.41 Å². The molecule has 0 saturated heterocycles. The van der Waals surface area contributed by atoms with E-state index in [1.165, 1.54) is 4.88 Å². The molecule has 0 atom stereocenters. The first kappa shape index (κ1) is 16.2. The lowest BCUT2D eigenvalue weighted by atomic mass is 9.95. The SMILES string of the molecule is Cc1c(N)nc(C(C)(C)C)nc1N(C)Cc1cc(Br)cs1. The van der Waals surface area contributed by atoms with Crippen molar-refractivity contribution in [2.75, 3.05) is 17.7 Å². The number of rotatable bonds is 3. The van der Waals surface area contributed by atoms with Gasteiger partial charge >= 0.3 is 0 Å². The molecule has 2 aromatic heterocycles. The van der Waals surface area contributed by atoms with E-state index >= 15 is 0 Å². The minimum Gasteiger partial charge on any atom is -0.383 e. The van der Waals surface area contributed by atoms with Crippen molar-refractivity contribution in [3.63, 3.8) is 0 Å². The molecule has 0 aromatic carbocycles. The first-order valence-electron chi connectivity index (χ1n) is 6.77. The molecule has 4 nitrogen and oxygen atoms in total. The maximum absolute atomic E-state index is 6.07. The summed E-state index contributed by atoms with van der Waals surface area (Å²) in [6.45, 7) is 9.06. The predicted octanol–water partition coefficient (Wildman–Crippen LogP) is 4.13. The molecule has 0 bridgehead atoms. The Morgan fingerprint density at radius 3 is 2.52 bits per heavy atom. The molecule has 0 amide bonds. The molecule has 0 aliphatic heterocycles. The van der Waals surface area contributed by atoms with Gasteiger partial charge < -0.3 is 10.6 Å². The van der Waals surface area contributed by atoms with Crippen LogP contribution in [0, 0.1) is 6.92 Å². The highest BCUT2D eigenvalue weighted by Crippen LogP contribution is 2.28. The van der Waals surface area contributed by atoms with Gasteiger partial charge in [0.25, 0.3) is 0 Å². The molecule has 2 aromatic rings. The molecule has 0 spiro atoms. The number of halogens is 1. The Kier molecular flexibility index (Phi) is 4.58. The lowest BCUT2D eigenvalue weighted by molar-refractivity contribution is 0.545. The Morgan fingerprint density at radius 2 is 2.00 bits per heavy atom. The summed E-state index contributed by atoms with van der Waals surface area (Å²) in [5, 5.41) is 2.09. The molecule has 114 valence electrons. The molecule has 2 N–H and O–H groups in total. The van der Waals surface area contributed by atoms with Crippen molar-refractivity contribution in [3.8, 4) is 0 Å². The minimum atomic E-state index is -0.122. The summed E-state index contributed by atoms with van der Waals surface area (Å²) < 4.78 is 1.12. The van der Waals surface area contributed by atoms with Gasteiger partial charge in [-0.3, -0.25) is 0 Å². The van der Waals surface area contributed by atoms with Crippen molar-refractivity contribution in [2.45, 2.75) is 39.7 Å². The second-order valence-corrected chi connectivity index (χ2v) is 8.13. The third kappa shape index (κ3) is 3.74. The number of nitrogens with two attached hydrogens (primary N) is 1. The lowest BCUT2D eigenvalue weighted by Gasteiger charge is -2.24. The summed E-state index contributed by atoms with van der Waals surface area (Å²) in [4.78, 5) is 12.6. The van der Waals surface area contributed by atoms with E-state index in [9.17, 15) is 0 Å². The van der Waals surface area contributed by atoms with E-state index < -0.39 is 0 Å². The van der Waals surface area contributed by atoms with Gasteiger partial charge in [0, 0.05) is 32.8 Å². The summed E-state index contributed by atoms with van der Waals surface area (Å²) in [5.41, 5.74) is 6.88. The topological polar surface area (TPSA) is 55.0 Å². The van der Waals surface area contributed by atoms with Gasteiger partial charge in [-0.05, 0) is 28.9 Å². The van der Waals surface area contributed by atoms with Crippen LogP contribution in [0.5, 0.6) is 0 Å². The maximum Gasteiger partial charge on any atom is 0.138 e. The van der Waals surface area contributed by atoms with Crippen molar-refractivity contribution in [1.82, 2.24) is 9.97 Å². The Labute approximate surface area is 138 Å². The van der Waals surface area contributed by atoms with Crippen LogP contribution in [0.1, 0.15) is 37.0 Å². The van der Waals surface area contributed by atoms with Crippen molar-refractivity contribution in [3.05, 3.63) is 32.2 Å². The summed E-state index contributed by atoms with van der Waals surface area (Å²) in [7, 11) is 2.04. The molecule has 21 heavy (non-hydrogen) atoms. The fourth-order valence-corrected chi connectivity index (χ4v) is 3.48. The van der Waals surface area contributed by atoms with Gasteiger partial charge in [0.2, 0.25) is 0 Å². The van der Waals surface area contributed by atoms with Gasteiger partial charge in [0.05, 0.1) is 6.54 Å². The zero-order valence-corrected chi connectivity index (χ0v) is 15.5. The van der Waals surface area contributed by atoms with Crippen LogP contribution in [0.25, 0.3) is 0 Å². The normalized spacial score (nSPS) is 11.7. The average molecular weight is 369 g/mol. The van der Waals surface area contributed by atoms with Gasteiger partial charge in [0.1, 0.15) is 17.5 Å². The second kappa shape index (κ2) is 5.93. The number of thiophene rings is 1. The first-order chi connectivity index (χ1) is 9.68. The number of nitrogens with zero attached hydrogens (tertiary/aromatic N) is 3. The van der Waals surface area contributed by atoms with Crippen LogP contribution >= 0.6 is 27.3 Å². The average Bonchev–Trinajstić information content (AvgIpc) is 2.76. The molecule has 0 radical (unpaired) electrons. The van der Waals surface area contributed by atoms with Gasteiger partial charge in [-0.25, -0.2) is 9.97 Å². The summed E-state index contributed by atoms with van der Waals surface area (Å²) in [6, 6.07) is 2.13. The van der Waals surface area contributed by atoms with Gasteiger partial charge in [-0.1, -0.05) is 20.8 Å². The zero-order valence-electron chi connectivity index (χ0n) is 13.1. The molecule has 6 heteroatoms. The molecular formula is C15H21BrN4S. The molecule has 0 aliphatic carbocycles. The number of aromatic nitrogens is 2. The van der Waals surface area contributed by atoms with E-state index in [1.54, 1.807) is 11.3 Å². The summed E-state index contributed by atoms with van der Waals surface area (Å²) in [6.07, 6.45) is 0. The quantitative estimate of drug-likeness (QED) is 0.884. The van der Waals surface area contributed by atoms with Crippen LogP contribution in [0.15, 0.2) is 15.9 Å². The Morgan fingerprint density at radius 1 is 1.33 bits per heavy atom. The van der Waals surface area contributed by atoms with Gasteiger partial charge in [0.15, 0.2) is 0 Å². The lowest BCUT2D eigenvalue weighted by Crippen LogP contribution is -2.24. The molecule has 0 unspecified atom stereocenters. The Balaban J connectivity index is 2.35. The molecule has 2 heterocycles. The van der Waals surface area contributed by atoms with Gasteiger partial charge in [-0.2, -0.15) is 0 Å². The van der Waals surface area contributed by atoms with E-state index in [4.69, 9.17) is 10.7 Å². The van der Waals surface area contributed by atoms with Crippen LogP contribution < -0.4 is 10.6 Å². The van der Waals surface area contributed by atoms with Crippen LogP contribution in [0.2, 0.25) is 0 Å². The molecular weight excluding hydrogens is 348 g/mol. The molecule has 2 rings (SSSR count). The van der Waals surface area contributed by atoms with E-state index in [0.717, 1.165) is 28.2 Å². The van der Waals surface area contributed by atoms with Crippen LogP contribution in [-0.2, 0) is 12.0 Å². The standard InChI is InChI=1S/C15H21BrN4S/c1-9-12(17)18-14(15(2,3)4)19-13(9)20(5)7-11-6-10(16)8-21-11/h6,8H,7H2,1-5H3,(H2,17,18,19). The van der Waals surface area contributed by atoms with E-state index in [2.05, 4.69) is 58.0 Å². The largest absolute Gasteiger partial charge is 0.383 e. The maximum atomic E-state index is 6.07. The highest BCUT2D eigenvalue weighted by molar-refractivity contribution is 9.10.